The van der Waals surface area contributed by atoms with Gasteiger partial charge >= 0.3 is 0 Å². The largest absolute Gasteiger partial charge is 0.295 e. The molecule has 0 heterocycles. The van der Waals surface area contributed by atoms with Gasteiger partial charge in [-0.1, -0.05) is 26.8 Å². The lowest BCUT2D eigenvalue weighted by Gasteiger charge is -2.02. The number of rotatable bonds is 5. The molecule has 0 bridgehead atoms. The van der Waals surface area contributed by atoms with Gasteiger partial charge < -0.3 is 0 Å². The topological polar surface area (TPSA) is 17.1 Å². The van der Waals surface area contributed by atoms with Crippen LogP contribution in [-0.2, 0) is 4.79 Å². The molecule has 0 rings (SSSR count). The first-order valence-corrected chi connectivity index (χ1v) is 4.22. The maximum Gasteiger partial charge on any atom is 0.157 e. The number of Topliss-reactive ketones (excluding diaryl/α,β-unsaturated/α-hetero) is 1. The van der Waals surface area contributed by atoms with Gasteiger partial charge in [0.1, 0.15) is 0 Å². The maximum absolute atomic E-state index is 11.0. The molecule has 0 aliphatic rings. The zero-order chi connectivity index (χ0) is 8.85. The number of hydrogen-bond acceptors (Lipinski definition) is 1. The molecule has 0 fully saturated rings. The van der Waals surface area contributed by atoms with E-state index in [0.717, 1.165) is 12.8 Å². The van der Waals surface area contributed by atoms with E-state index in [0.29, 0.717) is 17.9 Å². The highest BCUT2D eigenvalue weighted by atomic mass is 16.1. The van der Waals surface area contributed by atoms with Crippen LogP contribution in [0.3, 0.4) is 0 Å². The van der Waals surface area contributed by atoms with E-state index in [1.807, 2.05) is 0 Å². The highest BCUT2D eigenvalue weighted by molar-refractivity contribution is 5.93. The minimum absolute atomic E-state index is 0.214. The molecule has 11 heavy (non-hydrogen) atoms. The van der Waals surface area contributed by atoms with E-state index in [1.54, 1.807) is 6.92 Å². The summed E-state index contributed by atoms with van der Waals surface area (Å²) >= 11 is 0. The van der Waals surface area contributed by atoms with E-state index in [9.17, 15) is 4.79 Å². The third-order valence-electron chi connectivity index (χ3n) is 1.66. The number of carbonyl (C=O) groups is 1. The SMILES string of the molecule is C=C(C)C(=O)CCCC(C)C. The summed E-state index contributed by atoms with van der Waals surface area (Å²) in [5.41, 5.74) is 0.689. The summed E-state index contributed by atoms with van der Waals surface area (Å²) in [5, 5.41) is 0. The van der Waals surface area contributed by atoms with E-state index in [4.69, 9.17) is 0 Å². The van der Waals surface area contributed by atoms with Gasteiger partial charge in [-0.2, -0.15) is 0 Å². The van der Waals surface area contributed by atoms with Gasteiger partial charge in [-0.25, -0.2) is 0 Å². The third-order valence-corrected chi connectivity index (χ3v) is 1.66. The molecule has 0 aromatic heterocycles. The average Bonchev–Trinajstić information content (AvgIpc) is 1.86. The molecule has 0 saturated heterocycles. The molecule has 0 amide bonds. The molecule has 0 aromatic carbocycles. The first-order valence-electron chi connectivity index (χ1n) is 4.22. The predicted molar refractivity (Wildman–Crippen MR) is 48.5 cm³/mol. The Kier molecular flexibility index (Phi) is 4.84. The molecule has 0 aromatic rings. The van der Waals surface area contributed by atoms with Crippen molar-refractivity contribution in [2.75, 3.05) is 0 Å². The summed E-state index contributed by atoms with van der Waals surface area (Å²) in [6.07, 6.45) is 2.82. The van der Waals surface area contributed by atoms with E-state index < -0.39 is 0 Å². The summed E-state index contributed by atoms with van der Waals surface area (Å²) < 4.78 is 0. The molecular weight excluding hydrogens is 136 g/mol. The maximum atomic E-state index is 11.0. The number of allylic oxidation sites excluding steroid dienone is 1. The monoisotopic (exact) mass is 154 g/mol. The van der Waals surface area contributed by atoms with Crippen LogP contribution in [-0.4, -0.2) is 5.78 Å². The second-order valence-electron chi connectivity index (χ2n) is 3.49. The van der Waals surface area contributed by atoms with Gasteiger partial charge in [-0.05, 0) is 24.8 Å². The molecular formula is C10H18O. The van der Waals surface area contributed by atoms with Gasteiger partial charge in [0.15, 0.2) is 5.78 Å². The van der Waals surface area contributed by atoms with Gasteiger partial charge in [0.25, 0.3) is 0 Å². The zero-order valence-electron chi connectivity index (χ0n) is 7.81. The van der Waals surface area contributed by atoms with Crippen molar-refractivity contribution < 1.29 is 4.79 Å². The van der Waals surface area contributed by atoms with E-state index in [2.05, 4.69) is 20.4 Å². The molecule has 0 aliphatic carbocycles. The zero-order valence-corrected chi connectivity index (χ0v) is 7.81. The lowest BCUT2D eigenvalue weighted by Crippen LogP contribution is -1.99. The van der Waals surface area contributed by atoms with Crippen LogP contribution in [0.25, 0.3) is 0 Å². The van der Waals surface area contributed by atoms with Crippen LogP contribution >= 0.6 is 0 Å². The Morgan fingerprint density at radius 2 is 2.00 bits per heavy atom. The molecule has 0 saturated carbocycles. The Balaban J connectivity index is 3.40. The van der Waals surface area contributed by atoms with Crippen LogP contribution in [0.1, 0.15) is 40.0 Å². The van der Waals surface area contributed by atoms with Gasteiger partial charge in [-0.3, -0.25) is 4.79 Å². The fourth-order valence-corrected chi connectivity index (χ4v) is 0.884. The van der Waals surface area contributed by atoms with E-state index in [-0.39, 0.29) is 5.78 Å². The van der Waals surface area contributed by atoms with Crippen molar-refractivity contribution in [1.82, 2.24) is 0 Å². The van der Waals surface area contributed by atoms with Gasteiger partial charge in [0.05, 0.1) is 0 Å². The number of carbonyl (C=O) groups excluding carboxylic acids is 1. The molecule has 0 radical (unpaired) electrons. The van der Waals surface area contributed by atoms with Crippen molar-refractivity contribution in [1.29, 1.82) is 0 Å². The summed E-state index contributed by atoms with van der Waals surface area (Å²) in [4.78, 5) is 11.0. The fraction of sp³-hybridized carbons (Fsp3) is 0.700. The summed E-state index contributed by atoms with van der Waals surface area (Å²) in [6, 6.07) is 0. The number of ketones is 1. The van der Waals surface area contributed by atoms with Crippen LogP contribution in [0.15, 0.2) is 12.2 Å². The van der Waals surface area contributed by atoms with Crippen LogP contribution in [0, 0.1) is 5.92 Å². The molecule has 64 valence electrons. The molecule has 0 unspecified atom stereocenters. The van der Waals surface area contributed by atoms with Crippen molar-refractivity contribution in [2.45, 2.75) is 40.0 Å². The lowest BCUT2D eigenvalue weighted by atomic mass is 10.0. The van der Waals surface area contributed by atoms with Crippen molar-refractivity contribution >= 4 is 5.78 Å². The standard InChI is InChI=1S/C10H18O/c1-8(2)6-5-7-10(11)9(3)4/h8H,3,5-7H2,1-2,4H3. The normalized spacial score (nSPS) is 10.2. The summed E-state index contributed by atoms with van der Waals surface area (Å²) in [5.74, 6) is 0.915. The van der Waals surface area contributed by atoms with Crippen molar-refractivity contribution in [3.05, 3.63) is 12.2 Å². The number of hydrogen-bond donors (Lipinski definition) is 0. The molecule has 0 spiro atoms. The second-order valence-corrected chi connectivity index (χ2v) is 3.49. The Labute approximate surface area is 69.5 Å². The molecule has 0 aliphatic heterocycles. The fourth-order valence-electron chi connectivity index (χ4n) is 0.884. The molecule has 0 N–H and O–H groups in total. The van der Waals surface area contributed by atoms with Gasteiger partial charge in [-0.15, -0.1) is 0 Å². The third kappa shape index (κ3) is 5.84. The van der Waals surface area contributed by atoms with Gasteiger partial charge in [0.2, 0.25) is 0 Å². The van der Waals surface area contributed by atoms with Crippen molar-refractivity contribution in [3.8, 4) is 0 Å². The van der Waals surface area contributed by atoms with Crippen LogP contribution in [0.4, 0.5) is 0 Å². The smallest absolute Gasteiger partial charge is 0.157 e. The quantitative estimate of drug-likeness (QED) is 0.556. The Bertz CT molecular complexity index is 145. The van der Waals surface area contributed by atoms with E-state index >= 15 is 0 Å². The summed E-state index contributed by atoms with van der Waals surface area (Å²) in [7, 11) is 0. The van der Waals surface area contributed by atoms with Crippen LogP contribution in [0.2, 0.25) is 0 Å². The molecule has 1 heteroatoms. The Morgan fingerprint density at radius 1 is 1.45 bits per heavy atom. The molecule has 0 atom stereocenters. The first-order chi connectivity index (χ1) is 5.04. The highest BCUT2D eigenvalue weighted by Gasteiger charge is 2.02. The predicted octanol–water partition coefficient (Wildman–Crippen LogP) is 2.96. The van der Waals surface area contributed by atoms with Crippen LogP contribution in [0.5, 0.6) is 0 Å². The van der Waals surface area contributed by atoms with Crippen molar-refractivity contribution in [3.63, 3.8) is 0 Å². The summed E-state index contributed by atoms with van der Waals surface area (Å²) in [6.45, 7) is 9.72. The average molecular weight is 154 g/mol. The Hall–Kier alpha value is -0.590. The highest BCUT2D eigenvalue weighted by Crippen LogP contribution is 2.08. The minimum atomic E-state index is 0.214. The van der Waals surface area contributed by atoms with Crippen molar-refractivity contribution in [2.24, 2.45) is 5.92 Å². The lowest BCUT2D eigenvalue weighted by molar-refractivity contribution is -0.115. The van der Waals surface area contributed by atoms with E-state index in [1.165, 1.54) is 0 Å². The molecule has 1 nitrogen and oxygen atoms in total. The van der Waals surface area contributed by atoms with Gasteiger partial charge in [0, 0.05) is 6.42 Å². The second kappa shape index (κ2) is 5.11. The minimum Gasteiger partial charge on any atom is -0.295 e. The first kappa shape index (κ1) is 10.4. The Morgan fingerprint density at radius 3 is 2.36 bits per heavy atom. The van der Waals surface area contributed by atoms with Crippen LogP contribution < -0.4 is 0 Å².